The van der Waals surface area contributed by atoms with Crippen molar-refractivity contribution in [2.24, 2.45) is 5.92 Å². The van der Waals surface area contributed by atoms with Crippen LogP contribution >= 0.6 is 0 Å². The molecule has 3 rings (SSSR count). The molecule has 0 heterocycles. The Morgan fingerprint density at radius 2 is 1.80 bits per heavy atom. The van der Waals surface area contributed by atoms with E-state index in [0.29, 0.717) is 5.69 Å². The van der Waals surface area contributed by atoms with Gasteiger partial charge in [-0.2, -0.15) is 5.26 Å². The molecular formula is C23H24N2O4S. The van der Waals surface area contributed by atoms with Gasteiger partial charge in [0.15, 0.2) is 21.5 Å². The third-order valence-corrected chi connectivity index (χ3v) is 7.10. The quantitative estimate of drug-likeness (QED) is 0.655. The van der Waals surface area contributed by atoms with Crippen molar-refractivity contribution >= 4 is 27.2 Å². The molecule has 1 unspecified atom stereocenters. The number of nitrogens with zero attached hydrogens (tertiary/aromatic N) is 1. The number of nitriles is 1. The van der Waals surface area contributed by atoms with E-state index in [4.69, 9.17) is 0 Å². The van der Waals surface area contributed by atoms with Crippen molar-refractivity contribution in [3.63, 3.8) is 0 Å². The summed E-state index contributed by atoms with van der Waals surface area (Å²) in [5.41, 5.74) is 3.78. The lowest BCUT2D eigenvalue weighted by molar-refractivity contribution is -0.128. The Morgan fingerprint density at radius 1 is 1.10 bits per heavy atom. The molecule has 0 fully saturated rings. The van der Waals surface area contributed by atoms with Gasteiger partial charge in [0.2, 0.25) is 5.91 Å². The molecule has 0 aromatic heterocycles. The van der Waals surface area contributed by atoms with Crippen LogP contribution in [-0.4, -0.2) is 25.9 Å². The predicted molar refractivity (Wildman–Crippen MR) is 114 cm³/mol. The van der Waals surface area contributed by atoms with Crippen LogP contribution in [0.4, 0.5) is 5.69 Å². The fraction of sp³-hybridized carbons (Fsp3) is 0.348. The molecule has 30 heavy (non-hydrogen) atoms. The zero-order valence-corrected chi connectivity index (χ0v) is 17.7. The van der Waals surface area contributed by atoms with Gasteiger partial charge in [0.25, 0.3) is 0 Å². The number of hydrogen-bond donors (Lipinski definition) is 1. The Bertz CT molecular complexity index is 1100. The molecule has 0 saturated carbocycles. The average molecular weight is 425 g/mol. The van der Waals surface area contributed by atoms with Crippen molar-refractivity contribution in [1.82, 2.24) is 0 Å². The molecule has 0 aliphatic heterocycles. The number of carbonyl (C=O) groups excluding carboxylic acids is 2. The molecule has 0 saturated heterocycles. The Balaban J connectivity index is 1.62. The minimum Gasteiger partial charge on any atom is -0.325 e. The highest BCUT2D eigenvalue weighted by Gasteiger charge is 2.28. The van der Waals surface area contributed by atoms with Crippen LogP contribution in [0, 0.1) is 17.2 Å². The summed E-state index contributed by atoms with van der Waals surface area (Å²) in [5.74, 6) is -3.43. The molecule has 156 valence electrons. The van der Waals surface area contributed by atoms with Gasteiger partial charge in [0.05, 0.1) is 16.7 Å². The van der Waals surface area contributed by atoms with Crippen LogP contribution < -0.4 is 5.32 Å². The number of aryl methyl sites for hydroxylation is 3. The van der Waals surface area contributed by atoms with E-state index >= 15 is 0 Å². The zero-order valence-electron chi connectivity index (χ0n) is 16.8. The monoisotopic (exact) mass is 424 g/mol. The van der Waals surface area contributed by atoms with Crippen LogP contribution in [0.2, 0.25) is 0 Å². The van der Waals surface area contributed by atoms with E-state index in [1.165, 1.54) is 5.56 Å². The summed E-state index contributed by atoms with van der Waals surface area (Å²) in [6.07, 6.45) is 3.28. The second-order valence-corrected chi connectivity index (χ2v) is 9.53. The summed E-state index contributed by atoms with van der Waals surface area (Å²) in [6.45, 7) is 2.01. The van der Waals surface area contributed by atoms with Crippen LogP contribution in [0.5, 0.6) is 0 Å². The second kappa shape index (κ2) is 9.23. The number of Topliss-reactive ketones (excluding diaryl/α,β-unsaturated/α-hetero) is 1. The minimum atomic E-state index is -3.67. The lowest BCUT2D eigenvalue weighted by Crippen LogP contribution is -2.29. The Labute approximate surface area is 176 Å². The predicted octanol–water partition coefficient (Wildman–Crippen LogP) is 3.25. The third kappa shape index (κ3) is 4.95. The molecule has 1 N–H and O–H groups in total. The molecule has 2 aromatic rings. The minimum absolute atomic E-state index is 0.185. The number of nitrogens with one attached hydrogen (secondary N) is 1. The van der Waals surface area contributed by atoms with E-state index in [2.05, 4.69) is 5.32 Å². The van der Waals surface area contributed by atoms with E-state index < -0.39 is 33.2 Å². The van der Waals surface area contributed by atoms with E-state index in [1.54, 1.807) is 30.3 Å². The van der Waals surface area contributed by atoms with Gasteiger partial charge in [-0.05, 0) is 66.6 Å². The van der Waals surface area contributed by atoms with Crippen LogP contribution in [0.15, 0.2) is 47.4 Å². The standard InChI is InChI=1S/C23H24N2O4S/c1-2-16-6-9-19(10-7-16)25-23(27)21(15-24)22(26)12-13-30(28,29)20-11-8-17-4-3-5-18(17)14-20/h6-11,14,21H,2-5,12-13H2,1H3,(H,25,27). The Hall–Kier alpha value is -2.98. The fourth-order valence-electron chi connectivity index (χ4n) is 3.55. The summed E-state index contributed by atoms with van der Waals surface area (Å²) in [6, 6.07) is 13.9. The number of hydrogen-bond acceptors (Lipinski definition) is 5. The molecular weight excluding hydrogens is 400 g/mol. The number of benzene rings is 2. The number of carbonyl (C=O) groups is 2. The maximum absolute atomic E-state index is 12.6. The van der Waals surface area contributed by atoms with E-state index in [-0.39, 0.29) is 11.3 Å². The van der Waals surface area contributed by atoms with Gasteiger partial charge in [0, 0.05) is 12.1 Å². The lowest BCUT2D eigenvalue weighted by Gasteiger charge is -2.11. The number of anilines is 1. The molecule has 1 aliphatic carbocycles. The number of fused-ring (bicyclic) bond motifs is 1. The lowest BCUT2D eigenvalue weighted by atomic mass is 10.0. The number of ketones is 1. The van der Waals surface area contributed by atoms with Gasteiger partial charge in [-0.25, -0.2) is 8.42 Å². The van der Waals surface area contributed by atoms with Crippen molar-refractivity contribution in [2.45, 2.75) is 43.9 Å². The Morgan fingerprint density at radius 3 is 2.47 bits per heavy atom. The molecule has 0 radical (unpaired) electrons. The molecule has 6 nitrogen and oxygen atoms in total. The topological polar surface area (TPSA) is 104 Å². The molecule has 7 heteroatoms. The first-order valence-electron chi connectivity index (χ1n) is 10.0. The fourth-order valence-corrected chi connectivity index (χ4v) is 4.86. The van der Waals surface area contributed by atoms with E-state index in [9.17, 15) is 23.3 Å². The van der Waals surface area contributed by atoms with Crippen molar-refractivity contribution in [2.75, 3.05) is 11.1 Å². The first-order chi connectivity index (χ1) is 14.3. The molecule has 2 aromatic carbocycles. The average Bonchev–Trinajstić information content (AvgIpc) is 3.21. The highest BCUT2D eigenvalue weighted by Crippen LogP contribution is 2.25. The summed E-state index contributed by atoms with van der Waals surface area (Å²) in [7, 11) is -3.67. The molecule has 1 aliphatic rings. The summed E-state index contributed by atoms with van der Waals surface area (Å²) < 4.78 is 25.3. The normalized spacial score (nSPS) is 13.9. The molecule has 0 bridgehead atoms. The van der Waals surface area contributed by atoms with Gasteiger partial charge in [-0.1, -0.05) is 25.1 Å². The van der Waals surface area contributed by atoms with Crippen LogP contribution in [-0.2, 0) is 38.7 Å². The molecule has 0 spiro atoms. The maximum atomic E-state index is 12.6. The van der Waals surface area contributed by atoms with E-state index in [0.717, 1.165) is 36.8 Å². The largest absolute Gasteiger partial charge is 0.325 e. The second-order valence-electron chi connectivity index (χ2n) is 7.42. The van der Waals surface area contributed by atoms with E-state index in [1.807, 2.05) is 25.1 Å². The summed E-state index contributed by atoms with van der Waals surface area (Å²) >= 11 is 0. The number of sulfone groups is 1. The summed E-state index contributed by atoms with van der Waals surface area (Å²) in [5, 5.41) is 11.8. The van der Waals surface area contributed by atoms with Gasteiger partial charge >= 0.3 is 0 Å². The Kier molecular flexibility index (Phi) is 6.68. The van der Waals surface area contributed by atoms with Gasteiger partial charge < -0.3 is 5.32 Å². The van der Waals surface area contributed by atoms with Gasteiger partial charge in [-0.3, -0.25) is 9.59 Å². The summed E-state index contributed by atoms with van der Waals surface area (Å²) in [4.78, 5) is 25.0. The smallest absolute Gasteiger partial charge is 0.249 e. The highest BCUT2D eigenvalue weighted by atomic mass is 32.2. The van der Waals surface area contributed by atoms with Crippen molar-refractivity contribution in [1.29, 1.82) is 5.26 Å². The third-order valence-electron chi connectivity index (χ3n) is 5.39. The SMILES string of the molecule is CCc1ccc(NC(=O)C(C#N)C(=O)CCS(=O)(=O)c2ccc3c(c2)CCC3)cc1. The number of rotatable bonds is 8. The molecule has 1 amide bonds. The van der Waals surface area contributed by atoms with Crippen LogP contribution in [0.1, 0.15) is 36.5 Å². The van der Waals surface area contributed by atoms with Crippen molar-refractivity contribution < 1.29 is 18.0 Å². The zero-order chi connectivity index (χ0) is 21.7. The van der Waals surface area contributed by atoms with Crippen molar-refractivity contribution in [3.05, 3.63) is 59.2 Å². The van der Waals surface area contributed by atoms with Gasteiger partial charge in [0.1, 0.15) is 0 Å². The van der Waals surface area contributed by atoms with Crippen LogP contribution in [0.25, 0.3) is 0 Å². The van der Waals surface area contributed by atoms with Crippen molar-refractivity contribution in [3.8, 4) is 6.07 Å². The first-order valence-corrected chi connectivity index (χ1v) is 11.7. The van der Waals surface area contributed by atoms with Crippen LogP contribution in [0.3, 0.4) is 0 Å². The first kappa shape index (κ1) is 21.7. The highest BCUT2D eigenvalue weighted by molar-refractivity contribution is 7.91. The molecule has 1 atom stereocenters. The van der Waals surface area contributed by atoms with Gasteiger partial charge in [-0.15, -0.1) is 0 Å². The number of amides is 1. The maximum Gasteiger partial charge on any atom is 0.249 e.